The molecule has 248 valence electrons. The lowest BCUT2D eigenvalue weighted by Crippen LogP contribution is -2.59. The molecule has 6 unspecified atom stereocenters. The number of aliphatic carboxylic acids is 6. The first-order valence-electron chi connectivity index (χ1n) is 13.1. The van der Waals surface area contributed by atoms with Crippen LogP contribution in [0.1, 0.15) is 61.8 Å². The van der Waals surface area contributed by atoms with Gasteiger partial charge in [0.2, 0.25) is 0 Å². The highest BCUT2D eigenvalue weighted by Gasteiger charge is 2.61. The second-order valence-corrected chi connectivity index (χ2v) is 15.2. The second kappa shape index (κ2) is 13.3. The monoisotopic (exact) mass is 641 g/mol. The number of nitrogens with two attached hydrogens (primary N) is 1. The van der Waals surface area contributed by atoms with Gasteiger partial charge in [0, 0.05) is 5.54 Å². The predicted molar refractivity (Wildman–Crippen MR) is 148 cm³/mol. The molecule has 17 heteroatoms. The molecule has 43 heavy (non-hydrogen) atoms. The predicted octanol–water partition coefficient (Wildman–Crippen LogP) is 1.57. The Morgan fingerprint density at radius 1 is 0.558 bits per heavy atom. The molecule has 0 spiro atoms. The molecule has 0 saturated carbocycles. The van der Waals surface area contributed by atoms with Crippen molar-refractivity contribution in [2.24, 2.45) is 57.5 Å². The van der Waals surface area contributed by atoms with Crippen LogP contribution in [0, 0.1) is 51.8 Å². The van der Waals surface area contributed by atoms with E-state index in [0.717, 1.165) is 27.7 Å². The normalized spacial score (nSPS) is 17.6. The molecule has 0 heterocycles. The molecule has 0 radical (unpaired) electrons. The van der Waals surface area contributed by atoms with Gasteiger partial charge in [-0.3, -0.25) is 33.3 Å². The topological polar surface area (TPSA) is 307 Å². The summed E-state index contributed by atoms with van der Waals surface area (Å²) >= 11 is 0. The first kappa shape index (κ1) is 39.9. The molecule has 16 nitrogen and oxygen atoms in total. The van der Waals surface area contributed by atoms with Gasteiger partial charge in [-0.05, 0) is 36.5 Å². The van der Waals surface area contributed by atoms with Crippen LogP contribution in [-0.2, 0) is 33.3 Å². The molecular weight excluding hydrogens is 597 g/mol. The molecule has 0 aliphatic heterocycles. The van der Waals surface area contributed by atoms with E-state index in [1.165, 1.54) is 27.7 Å². The van der Waals surface area contributed by atoms with E-state index in [1.807, 2.05) is 0 Å². The van der Waals surface area contributed by atoms with E-state index in [-0.39, 0.29) is 0 Å². The van der Waals surface area contributed by atoms with Crippen molar-refractivity contribution in [3.63, 3.8) is 0 Å². The van der Waals surface area contributed by atoms with Crippen LogP contribution in [0.25, 0.3) is 0 Å². The van der Waals surface area contributed by atoms with Crippen LogP contribution in [0.5, 0.6) is 0 Å². The Morgan fingerprint density at radius 2 is 0.860 bits per heavy atom. The van der Waals surface area contributed by atoms with Gasteiger partial charge in [-0.2, -0.15) is 0 Å². The van der Waals surface area contributed by atoms with Crippen LogP contribution in [0.3, 0.4) is 0 Å². The molecule has 0 amide bonds. The second-order valence-electron chi connectivity index (χ2n) is 13.5. The number of hydrogen-bond donors (Lipinski definition) is 9. The van der Waals surface area contributed by atoms with Crippen LogP contribution in [0.4, 0.5) is 0 Å². The zero-order chi connectivity index (χ0) is 34.8. The van der Waals surface area contributed by atoms with Gasteiger partial charge in [0.05, 0.1) is 41.7 Å². The molecule has 0 aromatic heterocycles. The van der Waals surface area contributed by atoms with Gasteiger partial charge < -0.3 is 46.2 Å². The van der Waals surface area contributed by atoms with Crippen LogP contribution in [0.15, 0.2) is 0 Å². The largest absolute Gasteiger partial charge is 0.481 e. The van der Waals surface area contributed by atoms with Crippen molar-refractivity contribution in [1.82, 2.24) is 0 Å². The molecule has 0 rings (SSSR count). The SMILES string of the molecule is CC(C)(N)C(C(=O)O)C(C(=O)O)C(C)(C)C(C(=O)O)C(C(=O)O)C(C)(C)C(CC(C)(C)C(CP(=O)(O)O)C(=O)O)C(=O)O. The summed E-state index contributed by atoms with van der Waals surface area (Å²) in [6, 6.07) is 0. The van der Waals surface area contributed by atoms with Crippen LogP contribution in [-0.4, -0.2) is 87.9 Å². The highest BCUT2D eigenvalue weighted by atomic mass is 31.2. The fraction of sp³-hybridized carbons (Fsp3) is 0.769. The molecule has 0 aromatic carbocycles. The summed E-state index contributed by atoms with van der Waals surface area (Å²) in [7, 11) is -4.93. The van der Waals surface area contributed by atoms with Crippen LogP contribution in [0.2, 0.25) is 0 Å². The van der Waals surface area contributed by atoms with E-state index in [9.17, 15) is 73.8 Å². The van der Waals surface area contributed by atoms with Gasteiger partial charge in [0.25, 0.3) is 0 Å². The summed E-state index contributed by atoms with van der Waals surface area (Å²) in [5.74, 6) is -22.7. The number of hydrogen-bond acceptors (Lipinski definition) is 8. The molecular formula is C26H44NO15P. The average molecular weight is 642 g/mol. The number of rotatable bonds is 18. The molecule has 0 bridgehead atoms. The maximum absolute atomic E-state index is 12.8. The van der Waals surface area contributed by atoms with E-state index in [2.05, 4.69) is 0 Å². The first-order valence-corrected chi connectivity index (χ1v) is 14.9. The minimum absolute atomic E-state index is 0.696. The van der Waals surface area contributed by atoms with Gasteiger partial charge in [-0.25, -0.2) is 0 Å². The van der Waals surface area contributed by atoms with E-state index >= 15 is 0 Å². The van der Waals surface area contributed by atoms with Crippen molar-refractivity contribution >= 4 is 43.4 Å². The fourth-order valence-electron chi connectivity index (χ4n) is 6.21. The Balaban J connectivity index is 7.42. The summed E-state index contributed by atoms with van der Waals surface area (Å²) in [5, 5.41) is 60.6. The summed E-state index contributed by atoms with van der Waals surface area (Å²) in [4.78, 5) is 93.7. The Bertz CT molecular complexity index is 1160. The summed E-state index contributed by atoms with van der Waals surface area (Å²) in [6.07, 6.45) is -1.86. The minimum Gasteiger partial charge on any atom is -0.481 e. The van der Waals surface area contributed by atoms with Crippen molar-refractivity contribution in [1.29, 1.82) is 0 Å². The van der Waals surface area contributed by atoms with Gasteiger partial charge in [0.1, 0.15) is 0 Å². The molecule has 0 aromatic rings. The maximum atomic E-state index is 12.8. The fourth-order valence-corrected chi connectivity index (χ4v) is 7.33. The van der Waals surface area contributed by atoms with E-state index < -0.39 is 113 Å². The van der Waals surface area contributed by atoms with Crippen LogP contribution < -0.4 is 5.73 Å². The quantitative estimate of drug-likeness (QED) is 0.0959. The molecule has 0 saturated heterocycles. The van der Waals surface area contributed by atoms with Crippen LogP contribution >= 0.6 is 7.60 Å². The van der Waals surface area contributed by atoms with E-state index in [4.69, 9.17) is 5.73 Å². The number of carboxylic acid groups (broad SMARTS) is 6. The average Bonchev–Trinajstić information content (AvgIpc) is 2.74. The Hall–Kier alpha value is -3.07. The smallest absolute Gasteiger partial charge is 0.326 e. The summed E-state index contributed by atoms with van der Waals surface area (Å²) < 4.78 is 11.6. The zero-order valence-electron chi connectivity index (χ0n) is 25.3. The molecule has 0 aliphatic rings. The van der Waals surface area contributed by atoms with E-state index in [0.29, 0.717) is 0 Å². The third-order valence-electron chi connectivity index (χ3n) is 8.53. The molecule has 6 atom stereocenters. The van der Waals surface area contributed by atoms with E-state index in [1.54, 1.807) is 0 Å². The Labute approximate surface area is 248 Å². The standard InChI is InChI=1S/C26H44NO15P/c1-23(2,12(18(30)31)10-43(40,41)42)9-11(17(28)29)24(3,4)13(19(32)33)14(20(34)35)25(5,6)15(21(36)37)16(22(38)39)26(7,8)27/h11-16H,9-10,27H2,1-8H3,(H,28,29)(H,30,31)(H,32,33)(H,34,35)(H,36,37)(H,38,39)(H2,40,41,42). The van der Waals surface area contributed by atoms with Crippen molar-refractivity contribution in [3.8, 4) is 0 Å². The zero-order valence-corrected chi connectivity index (χ0v) is 26.2. The third-order valence-corrected chi connectivity index (χ3v) is 9.37. The van der Waals surface area contributed by atoms with Crippen molar-refractivity contribution < 1.29 is 73.8 Å². The van der Waals surface area contributed by atoms with Gasteiger partial charge in [-0.1, -0.05) is 41.5 Å². The van der Waals surface area contributed by atoms with Gasteiger partial charge in [0.15, 0.2) is 0 Å². The minimum atomic E-state index is -4.93. The first-order chi connectivity index (χ1) is 18.9. The maximum Gasteiger partial charge on any atom is 0.326 e. The highest BCUT2D eigenvalue weighted by molar-refractivity contribution is 7.51. The van der Waals surface area contributed by atoms with Gasteiger partial charge >= 0.3 is 43.4 Å². The molecule has 10 N–H and O–H groups in total. The van der Waals surface area contributed by atoms with Crippen molar-refractivity contribution in [3.05, 3.63) is 0 Å². The summed E-state index contributed by atoms with van der Waals surface area (Å²) in [6.45, 7) is 9.07. The number of carboxylic acids is 6. The lowest BCUT2D eigenvalue weighted by atomic mass is 9.52. The Morgan fingerprint density at radius 3 is 1.12 bits per heavy atom. The summed E-state index contributed by atoms with van der Waals surface area (Å²) in [5.41, 5.74) is -1.79. The molecule has 0 aliphatic carbocycles. The number of carbonyl (C=O) groups is 6. The van der Waals surface area contributed by atoms with Crippen molar-refractivity contribution in [2.75, 3.05) is 6.16 Å². The lowest BCUT2D eigenvalue weighted by molar-refractivity contribution is -0.182. The highest BCUT2D eigenvalue weighted by Crippen LogP contribution is 2.54. The van der Waals surface area contributed by atoms with Gasteiger partial charge in [-0.15, -0.1) is 0 Å². The third kappa shape index (κ3) is 9.46. The molecule has 0 fully saturated rings. The lowest BCUT2D eigenvalue weighted by Gasteiger charge is -2.49. The Kier molecular flexibility index (Phi) is 12.3. The van der Waals surface area contributed by atoms with Crippen molar-refractivity contribution in [2.45, 2.75) is 67.3 Å².